The second-order valence-electron chi connectivity index (χ2n) is 4.73. The van der Waals surface area contributed by atoms with Crippen molar-refractivity contribution in [3.8, 4) is 5.75 Å². The van der Waals surface area contributed by atoms with Crippen molar-refractivity contribution in [1.29, 1.82) is 0 Å². The first-order valence-electron chi connectivity index (χ1n) is 6.41. The van der Waals surface area contributed by atoms with E-state index in [4.69, 9.17) is 21.4 Å². The first-order chi connectivity index (χ1) is 9.90. The van der Waals surface area contributed by atoms with E-state index in [0.717, 1.165) is 0 Å². The third-order valence-corrected chi connectivity index (χ3v) is 3.00. The molecule has 0 bridgehead atoms. The highest BCUT2D eigenvalue weighted by atomic mass is 35.5. The van der Waals surface area contributed by atoms with Gasteiger partial charge in [-0.3, -0.25) is 9.59 Å². The van der Waals surface area contributed by atoms with Crippen LogP contribution in [0.5, 0.6) is 5.75 Å². The number of aliphatic carboxylic acids is 1. The van der Waals surface area contributed by atoms with E-state index in [0.29, 0.717) is 23.9 Å². The highest BCUT2D eigenvalue weighted by Crippen LogP contribution is 2.22. The average Bonchev–Trinajstić information content (AvgIpc) is 2.41. The second kappa shape index (κ2) is 8.49. The monoisotopic (exact) mass is 314 g/mol. The Balaban J connectivity index is 2.59. The Labute approximate surface area is 128 Å². The molecule has 1 amide bonds. The van der Waals surface area contributed by atoms with Crippen LogP contribution in [0, 0.1) is 0 Å². The van der Waals surface area contributed by atoms with Crippen molar-refractivity contribution in [2.75, 3.05) is 40.3 Å². The van der Waals surface area contributed by atoms with Crippen molar-refractivity contribution in [1.82, 2.24) is 9.80 Å². The summed E-state index contributed by atoms with van der Waals surface area (Å²) < 4.78 is 5.34. The molecule has 0 unspecified atom stereocenters. The van der Waals surface area contributed by atoms with Gasteiger partial charge in [-0.15, -0.1) is 0 Å². The van der Waals surface area contributed by atoms with Gasteiger partial charge < -0.3 is 19.6 Å². The van der Waals surface area contributed by atoms with Gasteiger partial charge in [-0.05, 0) is 26.2 Å². The Bertz CT molecular complexity index is 494. The van der Waals surface area contributed by atoms with E-state index >= 15 is 0 Å². The maximum Gasteiger partial charge on any atom is 0.323 e. The summed E-state index contributed by atoms with van der Waals surface area (Å²) >= 11 is 5.92. The van der Waals surface area contributed by atoms with Crippen LogP contribution >= 0.6 is 11.6 Å². The number of amides is 1. The van der Waals surface area contributed by atoms with E-state index in [-0.39, 0.29) is 19.1 Å². The standard InChI is InChI=1S/C14H19ClN2O4/c1-16(2)7-8-17(9-14(19)20)13(18)10-21-12-6-4-3-5-11(12)15/h3-6H,7-10H2,1-2H3,(H,19,20). The zero-order valence-electron chi connectivity index (χ0n) is 12.1. The molecule has 1 rings (SSSR count). The van der Waals surface area contributed by atoms with E-state index < -0.39 is 5.97 Å². The fourth-order valence-electron chi connectivity index (χ4n) is 1.57. The number of rotatable bonds is 8. The largest absolute Gasteiger partial charge is 0.482 e. The zero-order chi connectivity index (χ0) is 15.8. The van der Waals surface area contributed by atoms with Gasteiger partial charge in [-0.1, -0.05) is 23.7 Å². The van der Waals surface area contributed by atoms with E-state index in [2.05, 4.69) is 0 Å². The van der Waals surface area contributed by atoms with Crippen molar-refractivity contribution >= 4 is 23.5 Å². The number of para-hydroxylation sites is 1. The van der Waals surface area contributed by atoms with Crippen molar-refractivity contribution in [3.05, 3.63) is 29.3 Å². The Hall–Kier alpha value is -1.79. The van der Waals surface area contributed by atoms with Crippen molar-refractivity contribution in [3.63, 3.8) is 0 Å². The van der Waals surface area contributed by atoms with Gasteiger partial charge >= 0.3 is 5.97 Å². The van der Waals surface area contributed by atoms with E-state index in [1.54, 1.807) is 24.3 Å². The summed E-state index contributed by atoms with van der Waals surface area (Å²) in [4.78, 5) is 26.0. The van der Waals surface area contributed by atoms with Crippen LogP contribution in [0.1, 0.15) is 0 Å². The van der Waals surface area contributed by atoms with Gasteiger partial charge in [-0.25, -0.2) is 0 Å². The van der Waals surface area contributed by atoms with Crippen LogP contribution in [0.15, 0.2) is 24.3 Å². The lowest BCUT2D eigenvalue weighted by Crippen LogP contribution is -2.42. The van der Waals surface area contributed by atoms with Gasteiger partial charge in [0, 0.05) is 13.1 Å². The minimum atomic E-state index is -1.06. The smallest absolute Gasteiger partial charge is 0.323 e. The summed E-state index contributed by atoms with van der Waals surface area (Å²) in [5, 5.41) is 9.26. The van der Waals surface area contributed by atoms with E-state index in [1.807, 2.05) is 19.0 Å². The maximum atomic E-state index is 12.1. The fraction of sp³-hybridized carbons (Fsp3) is 0.429. The molecule has 1 aromatic carbocycles. The fourth-order valence-corrected chi connectivity index (χ4v) is 1.76. The molecule has 0 aliphatic carbocycles. The molecule has 7 heteroatoms. The van der Waals surface area contributed by atoms with Gasteiger partial charge in [0.15, 0.2) is 6.61 Å². The van der Waals surface area contributed by atoms with Crippen molar-refractivity contribution in [2.24, 2.45) is 0 Å². The van der Waals surface area contributed by atoms with Gasteiger partial charge in [-0.2, -0.15) is 0 Å². The normalized spacial score (nSPS) is 10.5. The first-order valence-corrected chi connectivity index (χ1v) is 6.79. The Morgan fingerprint density at radius 3 is 2.48 bits per heavy atom. The number of likely N-dealkylation sites (N-methyl/N-ethyl adjacent to an activating group) is 1. The lowest BCUT2D eigenvalue weighted by Gasteiger charge is -2.22. The lowest BCUT2D eigenvalue weighted by molar-refractivity contribution is -0.145. The number of hydrogen-bond acceptors (Lipinski definition) is 4. The molecule has 0 aromatic heterocycles. The van der Waals surface area contributed by atoms with Crippen LogP contribution in [0.25, 0.3) is 0 Å². The second-order valence-corrected chi connectivity index (χ2v) is 5.14. The number of ether oxygens (including phenoxy) is 1. The Kier molecular flexibility index (Phi) is 6.98. The molecule has 0 atom stereocenters. The minimum Gasteiger partial charge on any atom is -0.482 e. The molecule has 0 saturated carbocycles. The van der Waals surface area contributed by atoms with Gasteiger partial charge in [0.25, 0.3) is 5.91 Å². The highest BCUT2D eigenvalue weighted by Gasteiger charge is 2.17. The number of hydrogen-bond donors (Lipinski definition) is 1. The summed E-state index contributed by atoms with van der Waals surface area (Å²) in [6, 6.07) is 6.80. The summed E-state index contributed by atoms with van der Waals surface area (Å²) in [6.07, 6.45) is 0. The number of carboxylic acid groups (broad SMARTS) is 1. The molecule has 1 N–H and O–H groups in total. The molecule has 0 aliphatic heterocycles. The lowest BCUT2D eigenvalue weighted by atomic mass is 10.3. The number of carbonyl (C=O) groups is 2. The van der Waals surface area contributed by atoms with Crippen LogP contribution in [-0.2, 0) is 9.59 Å². The molecular formula is C14H19ClN2O4. The molecule has 0 saturated heterocycles. The molecule has 116 valence electrons. The average molecular weight is 315 g/mol. The van der Waals surface area contributed by atoms with Gasteiger partial charge in [0.2, 0.25) is 0 Å². The van der Waals surface area contributed by atoms with Crippen LogP contribution in [-0.4, -0.2) is 67.1 Å². The summed E-state index contributed by atoms with van der Waals surface area (Å²) in [5.74, 6) is -1.05. The van der Waals surface area contributed by atoms with Crippen molar-refractivity contribution < 1.29 is 19.4 Å². The molecule has 0 fully saturated rings. The predicted molar refractivity (Wildman–Crippen MR) is 79.7 cm³/mol. The number of halogens is 1. The first kappa shape index (κ1) is 17.3. The maximum absolute atomic E-state index is 12.1. The third-order valence-electron chi connectivity index (χ3n) is 2.68. The Morgan fingerprint density at radius 1 is 1.24 bits per heavy atom. The van der Waals surface area contributed by atoms with Crippen molar-refractivity contribution in [2.45, 2.75) is 0 Å². The topological polar surface area (TPSA) is 70.1 Å². The Morgan fingerprint density at radius 2 is 1.90 bits per heavy atom. The molecule has 0 radical (unpaired) electrons. The van der Waals surface area contributed by atoms with Gasteiger partial charge in [0.1, 0.15) is 12.3 Å². The molecule has 6 nitrogen and oxygen atoms in total. The molecule has 1 aromatic rings. The quantitative estimate of drug-likeness (QED) is 0.780. The molecule has 0 heterocycles. The number of carbonyl (C=O) groups excluding carboxylic acids is 1. The van der Waals surface area contributed by atoms with Crippen LogP contribution in [0.2, 0.25) is 5.02 Å². The molecular weight excluding hydrogens is 296 g/mol. The number of carboxylic acids is 1. The highest BCUT2D eigenvalue weighted by molar-refractivity contribution is 6.32. The van der Waals surface area contributed by atoms with Crippen LogP contribution < -0.4 is 4.74 Å². The van der Waals surface area contributed by atoms with Gasteiger partial charge in [0.05, 0.1) is 5.02 Å². The number of nitrogens with zero attached hydrogens (tertiary/aromatic N) is 2. The number of benzene rings is 1. The molecule has 0 spiro atoms. The zero-order valence-corrected chi connectivity index (χ0v) is 12.8. The molecule has 21 heavy (non-hydrogen) atoms. The predicted octanol–water partition coefficient (Wildman–Crippen LogP) is 1.19. The summed E-state index contributed by atoms with van der Waals surface area (Å²) in [5.41, 5.74) is 0. The minimum absolute atomic E-state index is 0.246. The summed E-state index contributed by atoms with van der Waals surface area (Å²) in [7, 11) is 3.70. The van der Waals surface area contributed by atoms with E-state index in [1.165, 1.54) is 4.90 Å². The molecule has 0 aliphatic rings. The third kappa shape index (κ3) is 6.46. The van der Waals surface area contributed by atoms with Crippen LogP contribution in [0.4, 0.5) is 0 Å². The van der Waals surface area contributed by atoms with E-state index in [9.17, 15) is 9.59 Å². The van der Waals surface area contributed by atoms with Crippen LogP contribution in [0.3, 0.4) is 0 Å². The SMILES string of the molecule is CN(C)CCN(CC(=O)O)C(=O)COc1ccccc1Cl. The summed E-state index contributed by atoms with van der Waals surface area (Å²) in [6.45, 7) is 0.304.